The number of nitrogens with two attached hydrogens (primary N) is 2. The molecule has 0 radical (unpaired) electrons. The van der Waals surface area contributed by atoms with E-state index in [1.165, 1.54) is 9.47 Å². The van der Waals surface area contributed by atoms with E-state index < -0.39 is 39.7 Å². The van der Waals surface area contributed by atoms with Crippen LogP contribution in [0.1, 0.15) is 43.1 Å². The Bertz CT molecular complexity index is 1080. The first kappa shape index (κ1) is 18.7. The van der Waals surface area contributed by atoms with Gasteiger partial charge in [0.25, 0.3) is 0 Å². The van der Waals surface area contributed by atoms with Crippen LogP contribution in [0, 0.1) is 17.0 Å². The molecule has 2 aromatic rings. The molecule has 2 aliphatic rings. The molecule has 28 heavy (non-hydrogen) atoms. The maximum absolute atomic E-state index is 15.6. The van der Waals surface area contributed by atoms with Gasteiger partial charge in [-0.3, -0.25) is 4.79 Å². The molecule has 5 N–H and O–H groups in total. The molecule has 0 spiro atoms. The molecule has 1 saturated carbocycles. The zero-order chi connectivity index (χ0) is 20.5. The Morgan fingerprint density at radius 2 is 1.93 bits per heavy atom. The molecule has 9 heteroatoms. The number of hydrogen-bond acceptors (Lipinski definition) is 5. The fourth-order valence-electron chi connectivity index (χ4n) is 3.95. The maximum Gasteiger partial charge on any atom is 0.341 e. The van der Waals surface area contributed by atoms with Gasteiger partial charge >= 0.3 is 5.97 Å². The minimum absolute atomic E-state index is 0.148. The first-order valence-electron chi connectivity index (χ1n) is 9.13. The molecule has 150 valence electrons. The van der Waals surface area contributed by atoms with Gasteiger partial charge in [0, 0.05) is 31.4 Å². The number of benzene rings is 1. The lowest BCUT2D eigenvalue weighted by Crippen LogP contribution is -2.35. The molecular weight excluding hydrogens is 370 g/mol. The predicted molar refractivity (Wildman–Crippen MR) is 102 cm³/mol. The molecular formula is C19H22F2N4O3. The number of hydrogen-bond donors (Lipinski definition) is 3. The number of aromatic carboxylic acids is 1. The Hall–Kier alpha value is -2.68. The van der Waals surface area contributed by atoms with Crippen molar-refractivity contribution in [1.82, 2.24) is 4.57 Å². The van der Waals surface area contributed by atoms with E-state index in [1.807, 2.05) is 13.8 Å². The molecule has 1 atom stereocenters. The van der Waals surface area contributed by atoms with Crippen molar-refractivity contribution in [2.24, 2.45) is 11.1 Å². The number of carboxylic acid groups (broad SMARTS) is 1. The van der Waals surface area contributed by atoms with Gasteiger partial charge in [-0.15, -0.1) is 0 Å². The third kappa shape index (κ3) is 2.56. The minimum Gasteiger partial charge on any atom is -0.477 e. The van der Waals surface area contributed by atoms with Gasteiger partial charge in [0.2, 0.25) is 5.43 Å². The summed E-state index contributed by atoms with van der Waals surface area (Å²) in [7, 11) is 0. The van der Waals surface area contributed by atoms with E-state index in [-0.39, 0.29) is 35.2 Å². The van der Waals surface area contributed by atoms with E-state index in [0.717, 1.165) is 6.20 Å². The fourth-order valence-corrected chi connectivity index (χ4v) is 3.95. The molecule has 1 aliphatic carbocycles. The molecule has 1 aliphatic heterocycles. The van der Waals surface area contributed by atoms with E-state index in [9.17, 15) is 14.7 Å². The summed E-state index contributed by atoms with van der Waals surface area (Å²) in [6.07, 6.45) is 2.56. The summed E-state index contributed by atoms with van der Waals surface area (Å²) in [5, 5.41) is 8.91. The molecule has 2 fully saturated rings. The third-order valence-electron chi connectivity index (χ3n) is 5.87. The standard InChI is InChI=1S/C19H22F2N4O3/c1-19(2)7-24(6-10(19)22)16-12(20)14(23)11-15(13(16)21)25(8-3-4-8)5-9(17(11)26)18(27)28/h5,8,10H,3-4,6-7,22-23H2,1-2H3,(H,27,28). The van der Waals surface area contributed by atoms with E-state index in [4.69, 9.17) is 11.5 Å². The minimum atomic E-state index is -1.46. The van der Waals surface area contributed by atoms with Crippen molar-refractivity contribution >= 4 is 28.2 Å². The Kier molecular flexibility index (Phi) is 3.94. The topological polar surface area (TPSA) is 115 Å². The van der Waals surface area contributed by atoms with Crippen LogP contribution in [0.5, 0.6) is 0 Å². The van der Waals surface area contributed by atoms with Gasteiger partial charge in [-0.25, -0.2) is 13.6 Å². The summed E-state index contributed by atoms with van der Waals surface area (Å²) in [5.74, 6) is -3.43. The van der Waals surface area contributed by atoms with Crippen LogP contribution in [-0.2, 0) is 0 Å². The van der Waals surface area contributed by atoms with Crippen LogP contribution in [-0.4, -0.2) is 34.8 Å². The van der Waals surface area contributed by atoms with Crippen molar-refractivity contribution in [3.05, 3.63) is 33.6 Å². The molecule has 2 heterocycles. The summed E-state index contributed by atoms with van der Waals surface area (Å²) in [6, 6.07) is -0.436. The highest BCUT2D eigenvalue weighted by Crippen LogP contribution is 2.43. The monoisotopic (exact) mass is 392 g/mol. The molecule has 7 nitrogen and oxygen atoms in total. The smallest absolute Gasteiger partial charge is 0.341 e. The summed E-state index contributed by atoms with van der Waals surface area (Å²) in [5.41, 5.74) is 9.13. The number of aromatic nitrogens is 1. The van der Waals surface area contributed by atoms with E-state index in [1.54, 1.807) is 0 Å². The zero-order valence-corrected chi connectivity index (χ0v) is 15.6. The fraction of sp³-hybridized carbons (Fsp3) is 0.474. The lowest BCUT2D eigenvalue weighted by atomic mass is 9.89. The highest BCUT2D eigenvalue weighted by molar-refractivity contribution is 5.99. The lowest BCUT2D eigenvalue weighted by Gasteiger charge is -2.25. The van der Waals surface area contributed by atoms with Gasteiger partial charge in [-0.2, -0.15) is 0 Å². The highest BCUT2D eigenvalue weighted by Gasteiger charge is 2.40. The first-order chi connectivity index (χ1) is 13.0. The second kappa shape index (κ2) is 5.91. The maximum atomic E-state index is 15.6. The average Bonchev–Trinajstić information content (AvgIpc) is 3.39. The number of fused-ring (bicyclic) bond motifs is 1. The number of carbonyl (C=O) groups is 1. The molecule has 0 amide bonds. The van der Waals surface area contributed by atoms with Gasteiger partial charge in [-0.05, 0) is 18.3 Å². The Balaban J connectivity index is 2.06. The third-order valence-corrected chi connectivity index (χ3v) is 5.87. The average molecular weight is 392 g/mol. The molecule has 1 saturated heterocycles. The van der Waals surface area contributed by atoms with Gasteiger partial charge in [0.1, 0.15) is 11.3 Å². The van der Waals surface area contributed by atoms with Crippen LogP contribution >= 0.6 is 0 Å². The number of halogens is 2. The predicted octanol–water partition coefficient (Wildman–Crippen LogP) is 2.07. The molecule has 1 unspecified atom stereocenters. The van der Waals surface area contributed by atoms with E-state index >= 15 is 8.78 Å². The van der Waals surface area contributed by atoms with Crippen molar-refractivity contribution in [2.75, 3.05) is 23.7 Å². The van der Waals surface area contributed by atoms with Crippen LogP contribution in [0.3, 0.4) is 0 Å². The van der Waals surface area contributed by atoms with E-state index in [0.29, 0.717) is 19.4 Å². The number of carboxylic acids is 1. The second-order valence-corrected chi connectivity index (χ2v) is 8.40. The van der Waals surface area contributed by atoms with Crippen molar-refractivity contribution < 1.29 is 18.7 Å². The summed E-state index contributed by atoms with van der Waals surface area (Å²) < 4.78 is 32.2. The van der Waals surface area contributed by atoms with Crippen LogP contribution in [0.4, 0.5) is 20.2 Å². The molecule has 1 aromatic heterocycles. The van der Waals surface area contributed by atoms with Gasteiger partial charge in [0.05, 0.1) is 16.6 Å². The summed E-state index contributed by atoms with van der Waals surface area (Å²) in [6.45, 7) is 4.40. The number of rotatable bonds is 3. The normalized spacial score (nSPS) is 21.5. The first-order valence-corrected chi connectivity index (χ1v) is 9.13. The Labute approximate surface area is 159 Å². The lowest BCUT2D eigenvalue weighted by molar-refractivity contribution is 0.0695. The van der Waals surface area contributed by atoms with Crippen LogP contribution in [0.2, 0.25) is 0 Å². The quantitative estimate of drug-likeness (QED) is 0.689. The zero-order valence-electron chi connectivity index (χ0n) is 15.6. The Morgan fingerprint density at radius 3 is 2.43 bits per heavy atom. The van der Waals surface area contributed by atoms with Crippen LogP contribution < -0.4 is 21.8 Å². The van der Waals surface area contributed by atoms with Crippen molar-refractivity contribution in [3.8, 4) is 0 Å². The SMILES string of the molecule is CC1(C)CN(c2c(F)c(N)c3c(=O)c(C(=O)O)cn(C4CC4)c3c2F)CC1N. The molecule has 1 aromatic carbocycles. The molecule has 0 bridgehead atoms. The summed E-state index contributed by atoms with van der Waals surface area (Å²) >= 11 is 0. The van der Waals surface area contributed by atoms with Gasteiger partial charge in [0.15, 0.2) is 11.6 Å². The van der Waals surface area contributed by atoms with Gasteiger partial charge in [-0.1, -0.05) is 13.8 Å². The largest absolute Gasteiger partial charge is 0.477 e. The number of anilines is 2. The van der Waals surface area contributed by atoms with Crippen molar-refractivity contribution in [3.63, 3.8) is 0 Å². The number of pyridine rings is 1. The van der Waals surface area contributed by atoms with Crippen LogP contribution in [0.25, 0.3) is 10.9 Å². The van der Waals surface area contributed by atoms with E-state index in [2.05, 4.69) is 0 Å². The number of nitrogen functional groups attached to an aromatic ring is 1. The van der Waals surface area contributed by atoms with Crippen molar-refractivity contribution in [1.29, 1.82) is 0 Å². The summed E-state index contributed by atoms with van der Waals surface area (Å²) in [4.78, 5) is 25.6. The Morgan fingerprint density at radius 1 is 1.29 bits per heavy atom. The van der Waals surface area contributed by atoms with Crippen molar-refractivity contribution in [2.45, 2.75) is 38.8 Å². The van der Waals surface area contributed by atoms with Crippen LogP contribution in [0.15, 0.2) is 11.0 Å². The number of nitrogens with zero attached hydrogens (tertiary/aromatic N) is 2. The molecule has 4 rings (SSSR count). The van der Waals surface area contributed by atoms with Gasteiger partial charge < -0.3 is 26.0 Å². The second-order valence-electron chi connectivity index (χ2n) is 8.40. The highest BCUT2D eigenvalue weighted by atomic mass is 19.1.